The first kappa shape index (κ1) is 20.2. The van der Waals surface area contributed by atoms with Crippen LogP contribution in [0.5, 0.6) is 0 Å². The molecule has 2 unspecified atom stereocenters. The van der Waals surface area contributed by atoms with E-state index in [-0.39, 0.29) is 18.4 Å². The number of anilines is 1. The van der Waals surface area contributed by atoms with Crippen molar-refractivity contribution < 1.29 is 18.8 Å². The van der Waals surface area contributed by atoms with Crippen LogP contribution >= 0.6 is 0 Å². The van der Waals surface area contributed by atoms with E-state index in [0.29, 0.717) is 37.5 Å². The van der Waals surface area contributed by atoms with Gasteiger partial charge in [0.15, 0.2) is 6.29 Å². The van der Waals surface area contributed by atoms with Gasteiger partial charge in [0.05, 0.1) is 33.5 Å². The molecular formula is C22H27N5O4S. The van der Waals surface area contributed by atoms with Gasteiger partial charge in [-0.2, -0.15) is 0 Å². The molecule has 9 nitrogen and oxygen atoms in total. The molecule has 170 valence electrons. The van der Waals surface area contributed by atoms with Gasteiger partial charge in [-0.15, -0.1) is 0 Å². The van der Waals surface area contributed by atoms with Gasteiger partial charge in [0.1, 0.15) is 11.4 Å². The number of fused-ring (bicyclic) bond motifs is 2. The second kappa shape index (κ2) is 7.29. The summed E-state index contributed by atoms with van der Waals surface area (Å²) in [6, 6.07) is 7.83. The molecule has 1 saturated heterocycles. The van der Waals surface area contributed by atoms with Crippen LogP contribution in [0.1, 0.15) is 37.7 Å². The number of para-hydroxylation sites is 1. The smallest absolute Gasteiger partial charge is 0.412 e. The number of benzene rings is 1. The van der Waals surface area contributed by atoms with Crippen LogP contribution in [-0.4, -0.2) is 63.4 Å². The number of hydrogen-bond donors (Lipinski definition) is 4. The summed E-state index contributed by atoms with van der Waals surface area (Å²) in [5.74, 6) is 1.25. The van der Waals surface area contributed by atoms with E-state index in [9.17, 15) is 14.1 Å². The molecule has 4 N–H and O–H groups in total. The summed E-state index contributed by atoms with van der Waals surface area (Å²) in [6.07, 6.45) is 3.19. The van der Waals surface area contributed by atoms with Crippen LogP contribution in [-0.2, 0) is 21.1 Å². The molecule has 1 aromatic carbocycles. The Balaban J connectivity index is 1.23. The van der Waals surface area contributed by atoms with Crippen LogP contribution < -0.4 is 16.0 Å². The minimum atomic E-state index is -1.08. The lowest BCUT2D eigenvalue weighted by atomic mass is 9.82. The summed E-state index contributed by atoms with van der Waals surface area (Å²) in [5, 5.41) is 19.5. The quantitative estimate of drug-likeness (QED) is 0.541. The van der Waals surface area contributed by atoms with E-state index in [1.54, 1.807) is 0 Å². The highest BCUT2D eigenvalue weighted by atomic mass is 32.2. The lowest BCUT2D eigenvalue weighted by molar-refractivity contribution is -0.0472. The number of aliphatic hydroxyl groups excluding tert-OH is 1. The monoisotopic (exact) mass is 457 g/mol. The number of aliphatic imine (C=N–C) groups is 1. The maximum Gasteiger partial charge on any atom is 0.412 e. The molecule has 32 heavy (non-hydrogen) atoms. The average Bonchev–Trinajstić information content (AvgIpc) is 3.47. The van der Waals surface area contributed by atoms with Crippen molar-refractivity contribution in [2.45, 2.75) is 49.5 Å². The number of carbonyl (C=O) groups excluding carboxylic acids is 1. The normalized spacial score (nSPS) is 29.9. The maximum atomic E-state index is 12.6. The first-order chi connectivity index (χ1) is 15.5. The van der Waals surface area contributed by atoms with Crippen LogP contribution in [0.15, 0.2) is 39.9 Å². The van der Waals surface area contributed by atoms with Gasteiger partial charge in [0.25, 0.3) is 0 Å². The Morgan fingerprint density at radius 3 is 2.78 bits per heavy atom. The molecule has 1 amide bonds. The van der Waals surface area contributed by atoms with Crippen molar-refractivity contribution in [3.05, 3.63) is 40.4 Å². The summed E-state index contributed by atoms with van der Waals surface area (Å²) >= 11 is 0. The van der Waals surface area contributed by atoms with Crippen LogP contribution in [0, 0.1) is 0 Å². The Labute approximate surface area is 188 Å². The highest BCUT2D eigenvalue weighted by molar-refractivity contribution is 7.90. The second-order valence-corrected chi connectivity index (χ2v) is 10.8. The van der Waals surface area contributed by atoms with Crippen molar-refractivity contribution in [3.63, 3.8) is 0 Å². The van der Waals surface area contributed by atoms with Crippen molar-refractivity contribution in [1.29, 1.82) is 0 Å². The van der Waals surface area contributed by atoms with Gasteiger partial charge in [-0.05, 0) is 18.9 Å². The number of likely N-dealkylation sites (tertiary alicyclic amines) is 1. The van der Waals surface area contributed by atoms with Crippen molar-refractivity contribution >= 4 is 28.4 Å². The van der Waals surface area contributed by atoms with Crippen molar-refractivity contribution in [3.8, 4) is 0 Å². The number of amidine groups is 1. The zero-order valence-corrected chi connectivity index (χ0v) is 18.5. The number of amides is 1. The number of carbonyl (C=O) groups is 1. The molecule has 5 aliphatic rings. The Bertz CT molecular complexity index is 1060. The summed E-state index contributed by atoms with van der Waals surface area (Å²) in [6.45, 7) is 1.45. The fourth-order valence-corrected chi connectivity index (χ4v) is 6.50. The molecule has 0 aromatic heterocycles. The molecule has 2 fully saturated rings. The maximum absolute atomic E-state index is 12.6. The summed E-state index contributed by atoms with van der Waals surface area (Å²) < 4.78 is 18.5. The van der Waals surface area contributed by atoms with Crippen LogP contribution in [0.3, 0.4) is 0 Å². The van der Waals surface area contributed by atoms with Crippen LogP contribution in [0.4, 0.5) is 10.5 Å². The van der Waals surface area contributed by atoms with Gasteiger partial charge in [-0.25, -0.2) is 9.79 Å². The van der Waals surface area contributed by atoms with Gasteiger partial charge in [0, 0.05) is 49.4 Å². The number of ether oxygens (including phenoxy) is 1. The van der Waals surface area contributed by atoms with Crippen molar-refractivity contribution in [2.75, 3.05) is 30.8 Å². The fraction of sp³-hybridized carbons (Fsp3) is 0.545. The average molecular weight is 458 g/mol. The van der Waals surface area contributed by atoms with E-state index in [2.05, 4.69) is 20.9 Å². The van der Waals surface area contributed by atoms with E-state index in [4.69, 9.17) is 9.73 Å². The number of nitrogens with one attached hydrogen (secondary N) is 3. The first-order valence-corrected chi connectivity index (χ1v) is 12.5. The first-order valence-electron chi connectivity index (χ1n) is 11.2. The third kappa shape index (κ3) is 3.23. The number of rotatable bonds is 3. The van der Waals surface area contributed by atoms with Gasteiger partial charge >= 0.3 is 6.09 Å². The topological polar surface area (TPSA) is 115 Å². The van der Waals surface area contributed by atoms with Gasteiger partial charge in [-0.3, -0.25) is 14.4 Å². The Morgan fingerprint density at radius 2 is 2.03 bits per heavy atom. The molecule has 0 radical (unpaired) electrons. The highest BCUT2D eigenvalue weighted by Gasteiger charge is 2.48. The molecule has 1 aromatic rings. The second-order valence-electron chi connectivity index (χ2n) is 9.26. The lowest BCUT2D eigenvalue weighted by Gasteiger charge is -2.46. The van der Waals surface area contributed by atoms with Crippen molar-refractivity contribution in [2.24, 2.45) is 4.99 Å². The van der Waals surface area contributed by atoms with E-state index in [1.165, 1.54) is 0 Å². The molecule has 1 spiro atoms. The minimum Gasteiger partial charge on any atom is -0.438 e. The summed E-state index contributed by atoms with van der Waals surface area (Å²) in [7, 11) is -1.08. The molecular weight excluding hydrogens is 430 g/mol. The fourth-order valence-electron chi connectivity index (χ4n) is 5.15. The molecule has 4 heterocycles. The van der Waals surface area contributed by atoms with E-state index < -0.39 is 22.5 Å². The van der Waals surface area contributed by atoms with E-state index in [1.807, 2.05) is 24.3 Å². The Hall–Kier alpha value is -2.43. The molecule has 1 saturated carbocycles. The van der Waals surface area contributed by atoms with Gasteiger partial charge < -0.3 is 20.5 Å². The zero-order chi connectivity index (χ0) is 21.9. The predicted molar refractivity (Wildman–Crippen MR) is 120 cm³/mol. The minimum absolute atomic E-state index is 0.0460. The number of allylic oxidation sites excluding steroid dienone is 1. The molecule has 6 rings (SSSR count). The van der Waals surface area contributed by atoms with E-state index in [0.717, 1.165) is 41.1 Å². The molecule has 0 bridgehead atoms. The van der Waals surface area contributed by atoms with E-state index >= 15 is 0 Å². The molecule has 10 heteroatoms. The van der Waals surface area contributed by atoms with Crippen molar-refractivity contribution in [1.82, 2.24) is 15.5 Å². The third-order valence-electron chi connectivity index (χ3n) is 7.24. The number of piperidine rings is 1. The molecule has 1 aliphatic carbocycles. The van der Waals surface area contributed by atoms with Crippen LogP contribution in [0.25, 0.3) is 0 Å². The SMILES string of the molecule is O=C1Nc2ccccc2C2(CCN(C3N=C(NC4(CO)CC4)C4=C(CCS4=O)N3)CC2)O1. The largest absolute Gasteiger partial charge is 0.438 e. The summed E-state index contributed by atoms with van der Waals surface area (Å²) in [5.41, 5.74) is 1.88. The Morgan fingerprint density at radius 1 is 1.25 bits per heavy atom. The van der Waals surface area contributed by atoms with Gasteiger partial charge in [-0.1, -0.05) is 18.2 Å². The number of nitrogens with zero attached hydrogens (tertiary/aromatic N) is 2. The molecule has 2 atom stereocenters. The van der Waals surface area contributed by atoms with Gasteiger partial charge in [0.2, 0.25) is 0 Å². The molecule has 4 aliphatic heterocycles. The Kier molecular flexibility index (Phi) is 4.60. The predicted octanol–water partition coefficient (Wildman–Crippen LogP) is 1.30. The number of hydrogen-bond acceptors (Lipinski definition) is 8. The van der Waals surface area contributed by atoms with Crippen LogP contribution in [0.2, 0.25) is 0 Å². The highest BCUT2D eigenvalue weighted by Crippen LogP contribution is 2.44. The standard InChI is InChI=1S/C22H27N5O4S/c28-13-21(6-7-21)26-18-17-16(5-12-32(17)30)23-19(25-18)27-10-8-22(9-11-27)14-3-1-2-4-15(14)24-20(29)31-22/h1-4,19,23,28H,5-13H2,(H,24,29)(H,25,26). The third-order valence-corrected chi connectivity index (χ3v) is 8.71. The lowest BCUT2D eigenvalue weighted by Crippen LogP contribution is -2.55. The zero-order valence-electron chi connectivity index (χ0n) is 17.7. The number of aliphatic hydroxyl groups is 1. The summed E-state index contributed by atoms with van der Waals surface area (Å²) in [4.78, 5) is 20.1.